The molecular formula is C16H23F3N2O. The van der Waals surface area contributed by atoms with E-state index in [1.807, 2.05) is 0 Å². The summed E-state index contributed by atoms with van der Waals surface area (Å²) in [6, 6.07) is 6.39. The van der Waals surface area contributed by atoms with Crippen LogP contribution in [0.5, 0.6) is 5.75 Å². The Balaban J connectivity index is 1.89. The second-order valence-electron chi connectivity index (χ2n) is 5.68. The number of nitrogens with one attached hydrogen (secondary N) is 1. The maximum Gasteiger partial charge on any atom is 0.573 e. The van der Waals surface area contributed by atoms with E-state index in [0.29, 0.717) is 18.0 Å². The molecule has 22 heavy (non-hydrogen) atoms. The molecule has 2 rings (SSSR count). The summed E-state index contributed by atoms with van der Waals surface area (Å²) >= 11 is 0. The molecule has 124 valence electrons. The topological polar surface area (TPSA) is 24.5 Å². The van der Waals surface area contributed by atoms with Crippen LogP contribution in [0.15, 0.2) is 24.3 Å². The lowest BCUT2D eigenvalue weighted by atomic mass is 9.96. The molecule has 3 nitrogen and oxygen atoms in total. The quantitative estimate of drug-likeness (QED) is 0.870. The third-order valence-corrected chi connectivity index (χ3v) is 3.98. The number of hydrogen-bond donors (Lipinski definition) is 1. The molecule has 1 aliphatic heterocycles. The summed E-state index contributed by atoms with van der Waals surface area (Å²) in [5.74, 6) is 0.572. The van der Waals surface area contributed by atoms with Gasteiger partial charge in [0.2, 0.25) is 0 Å². The Bertz CT molecular complexity index is 457. The predicted molar refractivity (Wildman–Crippen MR) is 79.7 cm³/mol. The predicted octanol–water partition coefficient (Wildman–Crippen LogP) is 3.41. The SMILES string of the molecule is CCNCC1CCN(Cc2ccccc2OC(F)(F)F)CC1. The maximum absolute atomic E-state index is 12.4. The van der Waals surface area contributed by atoms with Crippen LogP contribution >= 0.6 is 0 Å². The van der Waals surface area contributed by atoms with E-state index in [0.717, 1.165) is 39.0 Å². The monoisotopic (exact) mass is 316 g/mol. The number of likely N-dealkylation sites (tertiary alicyclic amines) is 1. The molecule has 1 aromatic rings. The molecule has 1 aliphatic rings. The minimum atomic E-state index is -4.64. The number of ether oxygens (including phenoxy) is 1. The fourth-order valence-corrected chi connectivity index (χ4v) is 2.80. The van der Waals surface area contributed by atoms with Crippen molar-refractivity contribution in [3.63, 3.8) is 0 Å². The second-order valence-corrected chi connectivity index (χ2v) is 5.68. The molecule has 6 heteroatoms. The molecule has 0 spiro atoms. The van der Waals surface area contributed by atoms with Gasteiger partial charge in [-0.3, -0.25) is 4.90 Å². The Morgan fingerprint density at radius 1 is 1.23 bits per heavy atom. The number of benzene rings is 1. The highest BCUT2D eigenvalue weighted by Gasteiger charge is 2.32. The normalized spacial score (nSPS) is 17.6. The molecule has 0 aromatic heterocycles. The molecule has 0 aliphatic carbocycles. The van der Waals surface area contributed by atoms with Crippen molar-refractivity contribution in [2.45, 2.75) is 32.7 Å². The highest BCUT2D eigenvalue weighted by molar-refractivity contribution is 5.33. The summed E-state index contributed by atoms with van der Waals surface area (Å²) in [5.41, 5.74) is 0.588. The van der Waals surface area contributed by atoms with Gasteiger partial charge in [0.1, 0.15) is 5.75 Å². The molecule has 0 unspecified atom stereocenters. The summed E-state index contributed by atoms with van der Waals surface area (Å²) in [4.78, 5) is 2.20. The van der Waals surface area contributed by atoms with E-state index in [1.54, 1.807) is 18.2 Å². The summed E-state index contributed by atoms with van der Waals surface area (Å²) in [6.07, 6.45) is -2.49. The van der Waals surface area contributed by atoms with Crippen LogP contribution in [0.3, 0.4) is 0 Å². The molecule has 0 radical (unpaired) electrons. The van der Waals surface area contributed by atoms with E-state index in [-0.39, 0.29) is 5.75 Å². The Morgan fingerprint density at radius 3 is 2.55 bits per heavy atom. The van der Waals surface area contributed by atoms with Gasteiger partial charge in [0.15, 0.2) is 0 Å². The average molecular weight is 316 g/mol. The maximum atomic E-state index is 12.4. The van der Waals surface area contributed by atoms with Crippen LogP contribution in [0.25, 0.3) is 0 Å². The first-order valence-corrected chi connectivity index (χ1v) is 7.74. The number of alkyl halides is 3. The molecule has 1 aromatic carbocycles. The Kier molecular flexibility index (Phi) is 6.08. The third-order valence-electron chi connectivity index (χ3n) is 3.98. The van der Waals surface area contributed by atoms with E-state index in [4.69, 9.17) is 0 Å². The number of hydrogen-bond acceptors (Lipinski definition) is 3. The van der Waals surface area contributed by atoms with Crippen molar-refractivity contribution in [2.24, 2.45) is 5.92 Å². The van der Waals surface area contributed by atoms with Gasteiger partial charge in [0.25, 0.3) is 0 Å². The van der Waals surface area contributed by atoms with Gasteiger partial charge in [0, 0.05) is 12.1 Å². The molecule has 0 saturated carbocycles. The van der Waals surface area contributed by atoms with Gasteiger partial charge in [-0.05, 0) is 51.0 Å². The summed E-state index contributed by atoms with van der Waals surface area (Å²) < 4.78 is 41.4. The number of halogens is 3. The molecule has 0 bridgehead atoms. The number of piperidine rings is 1. The van der Waals surface area contributed by atoms with Crippen LogP contribution in [0.4, 0.5) is 13.2 Å². The summed E-state index contributed by atoms with van der Waals surface area (Å²) in [6.45, 7) is 6.42. The zero-order valence-electron chi connectivity index (χ0n) is 12.8. The van der Waals surface area contributed by atoms with E-state index in [9.17, 15) is 13.2 Å². The molecule has 1 fully saturated rings. The Hall–Kier alpha value is -1.27. The lowest BCUT2D eigenvalue weighted by Crippen LogP contribution is -2.37. The van der Waals surface area contributed by atoms with Gasteiger partial charge in [-0.25, -0.2) is 0 Å². The van der Waals surface area contributed by atoms with Crippen LogP contribution in [-0.4, -0.2) is 37.4 Å². The van der Waals surface area contributed by atoms with Gasteiger partial charge in [0.05, 0.1) is 0 Å². The Labute approximate surface area is 129 Å². The van der Waals surface area contributed by atoms with E-state index < -0.39 is 6.36 Å². The molecule has 1 N–H and O–H groups in total. The molecule has 1 saturated heterocycles. The van der Waals surface area contributed by atoms with Gasteiger partial charge in [-0.15, -0.1) is 13.2 Å². The van der Waals surface area contributed by atoms with Crippen LogP contribution in [0.1, 0.15) is 25.3 Å². The first-order chi connectivity index (χ1) is 10.5. The lowest BCUT2D eigenvalue weighted by molar-refractivity contribution is -0.275. The van der Waals surface area contributed by atoms with Gasteiger partial charge in [-0.2, -0.15) is 0 Å². The van der Waals surface area contributed by atoms with Gasteiger partial charge in [-0.1, -0.05) is 25.1 Å². The third kappa shape index (κ3) is 5.50. The van der Waals surface area contributed by atoms with Crippen molar-refractivity contribution in [2.75, 3.05) is 26.2 Å². The van der Waals surface area contributed by atoms with Crippen LogP contribution in [0.2, 0.25) is 0 Å². The fraction of sp³-hybridized carbons (Fsp3) is 0.625. The summed E-state index contributed by atoms with van der Waals surface area (Å²) in [5, 5.41) is 3.35. The fourth-order valence-electron chi connectivity index (χ4n) is 2.80. The minimum absolute atomic E-state index is 0.0928. The van der Waals surface area contributed by atoms with Gasteiger partial charge >= 0.3 is 6.36 Å². The zero-order valence-corrected chi connectivity index (χ0v) is 12.8. The number of para-hydroxylation sites is 1. The lowest BCUT2D eigenvalue weighted by Gasteiger charge is -2.32. The van der Waals surface area contributed by atoms with Crippen molar-refractivity contribution >= 4 is 0 Å². The van der Waals surface area contributed by atoms with E-state index in [2.05, 4.69) is 21.9 Å². The highest BCUT2D eigenvalue weighted by atomic mass is 19.4. The standard InChI is InChI=1S/C16H23F3N2O/c1-2-20-11-13-7-9-21(10-8-13)12-14-5-3-4-6-15(14)22-16(17,18)19/h3-6,13,20H,2,7-12H2,1H3. The van der Waals surface area contributed by atoms with E-state index in [1.165, 1.54) is 6.07 Å². The highest BCUT2D eigenvalue weighted by Crippen LogP contribution is 2.28. The second kappa shape index (κ2) is 7.83. The van der Waals surface area contributed by atoms with Crippen molar-refractivity contribution in [3.8, 4) is 5.75 Å². The van der Waals surface area contributed by atoms with Crippen LogP contribution in [-0.2, 0) is 6.54 Å². The number of rotatable bonds is 6. The largest absolute Gasteiger partial charge is 0.573 e. The smallest absolute Gasteiger partial charge is 0.405 e. The first-order valence-electron chi connectivity index (χ1n) is 7.74. The zero-order chi connectivity index (χ0) is 16.0. The number of nitrogens with zero attached hydrogens (tertiary/aromatic N) is 1. The minimum Gasteiger partial charge on any atom is -0.405 e. The van der Waals surface area contributed by atoms with Gasteiger partial charge < -0.3 is 10.1 Å². The molecule has 0 atom stereocenters. The Morgan fingerprint density at radius 2 is 1.91 bits per heavy atom. The van der Waals surface area contributed by atoms with Crippen molar-refractivity contribution in [1.82, 2.24) is 10.2 Å². The van der Waals surface area contributed by atoms with Crippen LogP contribution < -0.4 is 10.1 Å². The molecule has 1 heterocycles. The van der Waals surface area contributed by atoms with Crippen molar-refractivity contribution in [3.05, 3.63) is 29.8 Å². The summed E-state index contributed by atoms with van der Waals surface area (Å²) in [7, 11) is 0. The van der Waals surface area contributed by atoms with Crippen molar-refractivity contribution < 1.29 is 17.9 Å². The first kappa shape index (κ1) is 17.1. The van der Waals surface area contributed by atoms with Crippen LogP contribution in [0, 0.1) is 5.92 Å². The van der Waals surface area contributed by atoms with Crippen molar-refractivity contribution in [1.29, 1.82) is 0 Å². The average Bonchev–Trinajstić information content (AvgIpc) is 2.47. The van der Waals surface area contributed by atoms with E-state index >= 15 is 0 Å². The molecular weight excluding hydrogens is 293 g/mol. The molecule has 0 amide bonds.